The van der Waals surface area contributed by atoms with Crippen LogP contribution in [0, 0.1) is 0 Å². The van der Waals surface area contributed by atoms with Gasteiger partial charge in [0.2, 0.25) is 0 Å². The van der Waals surface area contributed by atoms with E-state index >= 15 is 0 Å². The molecule has 8 rings (SSSR count). The Morgan fingerprint density at radius 3 is 2.59 bits per heavy atom. The molecule has 1 N–H and O–H groups in total. The minimum atomic E-state index is -1.06. The number of halogens is 2. The maximum absolute atomic E-state index is 14.3. The quantitative estimate of drug-likeness (QED) is 0.262. The summed E-state index contributed by atoms with van der Waals surface area (Å²) >= 11 is 8.11. The SMILES string of the molecule is O=C(Nc1nccs1)C(c1ncn2c1C[C@@H](F)C2)N1Cc2c(Cl)cc(-c3ccc(C4CCN(C5CC5)CC4)cc3)cc2C1=O. The fraction of sp³-hybridized carbons (Fsp3) is 0.394. The number of likely N-dealkylation sites (tertiary alicyclic amines) is 1. The van der Waals surface area contributed by atoms with Crippen LogP contribution in [0.25, 0.3) is 11.1 Å². The van der Waals surface area contributed by atoms with Gasteiger partial charge in [0, 0.05) is 52.4 Å². The van der Waals surface area contributed by atoms with E-state index in [4.69, 9.17) is 11.6 Å². The third kappa shape index (κ3) is 5.02. The van der Waals surface area contributed by atoms with Crippen LogP contribution in [0.4, 0.5) is 9.52 Å². The lowest BCUT2D eigenvalue weighted by molar-refractivity contribution is -0.121. The molecule has 2 fully saturated rings. The fourth-order valence-electron chi connectivity index (χ4n) is 7.14. The Bertz CT molecular complexity index is 1730. The first-order valence-electron chi connectivity index (χ1n) is 15.3. The second-order valence-electron chi connectivity index (χ2n) is 12.3. The normalized spacial score (nSPS) is 21.0. The van der Waals surface area contributed by atoms with Crippen molar-refractivity contribution in [3.63, 3.8) is 0 Å². The minimum absolute atomic E-state index is 0.145. The van der Waals surface area contributed by atoms with E-state index < -0.39 is 18.1 Å². The molecule has 4 aromatic rings. The minimum Gasteiger partial charge on any atom is -0.331 e. The monoisotopic (exact) mass is 630 g/mol. The molecule has 0 bridgehead atoms. The number of benzene rings is 2. The van der Waals surface area contributed by atoms with Crippen LogP contribution in [0.2, 0.25) is 5.02 Å². The zero-order valence-corrected chi connectivity index (χ0v) is 25.7. The summed E-state index contributed by atoms with van der Waals surface area (Å²) in [6.07, 6.45) is 7.32. The highest BCUT2D eigenvalue weighted by Gasteiger charge is 2.42. The van der Waals surface area contributed by atoms with Crippen molar-refractivity contribution in [2.45, 2.75) is 69.4 Å². The van der Waals surface area contributed by atoms with Gasteiger partial charge in [-0.1, -0.05) is 35.9 Å². The van der Waals surface area contributed by atoms with Gasteiger partial charge < -0.3 is 14.4 Å². The third-order valence-electron chi connectivity index (χ3n) is 9.59. The molecule has 44 heavy (non-hydrogen) atoms. The number of hydrogen-bond donors (Lipinski definition) is 1. The smallest absolute Gasteiger partial charge is 0.255 e. The van der Waals surface area contributed by atoms with Gasteiger partial charge in [-0.2, -0.15) is 0 Å². The molecule has 8 nitrogen and oxygen atoms in total. The molecule has 3 aliphatic heterocycles. The second-order valence-corrected chi connectivity index (χ2v) is 13.6. The summed E-state index contributed by atoms with van der Waals surface area (Å²) in [6, 6.07) is 12.2. The standard InChI is InChI=1S/C33H32ClFN6O2S/c34-27-14-22(20-3-1-19(2-4-20)21-7-10-39(11-8-21)24-5-6-24)13-25-26(27)17-41(32(25)43)30(31(42)38-33-36-9-12-44-33)29-28-15-23(35)16-40(28)18-37-29/h1-4,9,12-14,18,21,23-24,30H,5-8,10-11,15-17H2,(H,36,38,42)/t23-,30?/m1/s1. The van der Waals surface area contributed by atoms with Crippen molar-refractivity contribution in [3.8, 4) is 11.1 Å². The predicted octanol–water partition coefficient (Wildman–Crippen LogP) is 6.23. The summed E-state index contributed by atoms with van der Waals surface area (Å²) in [6.45, 7) is 2.68. The van der Waals surface area contributed by atoms with Crippen LogP contribution in [-0.4, -0.2) is 61.5 Å². The van der Waals surface area contributed by atoms with Gasteiger partial charge in [-0.3, -0.25) is 14.9 Å². The molecule has 0 radical (unpaired) electrons. The van der Waals surface area contributed by atoms with Crippen LogP contribution in [0.15, 0.2) is 54.3 Å². The zero-order valence-electron chi connectivity index (χ0n) is 24.1. The molecule has 2 amide bonds. The Hall–Kier alpha value is -3.60. The molecule has 1 aliphatic carbocycles. The van der Waals surface area contributed by atoms with Crippen molar-refractivity contribution in [2.24, 2.45) is 0 Å². The molecule has 226 valence electrons. The predicted molar refractivity (Wildman–Crippen MR) is 168 cm³/mol. The van der Waals surface area contributed by atoms with E-state index in [9.17, 15) is 14.0 Å². The van der Waals surface area contributed by atoms with Crippen LogP contribution >= 0.6 is 22.9 Å². The number of piperidine rings is 1. The molecular weight excluding hydrogens is 599 g/mol. The van der Waals surface area contributed by atoms with E-state index in [0.717, 1.165) is 17.2 Å². The average molecular weight is 631 g/mol. The third-order valence-corrected chi connectivity index (χ3v) is 10.6. The molecule has 4 aliphatic rings. The Morgan fingerprint density at radius 1 is 1.07 bits per heavy atom. The number of imidazole rings is 1. The number of fused-ring (bicyclic) bond motifs is 2. The maximum Gasteiger partial charge on any atom is 0.255 e. The Kier molecular flexibility index (Phi) is 7.03. The van der Waals surface area contributed by atoms with E-state index in [1.165, 1.54) is 60.6 Å². The van der Waals surface area contributed by atoms with E-state index in [0.29, 0.717) is 38.6 Å². The number of carbonyl (C=O) groups is 2. The lowest BCUT2D eigenvalue weighted by atomic mass is 9.88. The van der Waals surface area contributed by atoms with E-state index in [2.05, 4.69) is 44.5 Å². The summed E-state index contributed by atoms with van der Waals surface area (Å²) < 4.78 is 16.1. The Balaban J connectivity index is 1.06. The van der Waals surface area contributed by atoms with Gasteiger partial charge in [0.05, 0.1) is 18.6 Å². The topological polar surface area (TPSA) is 83.4 Å². The molecule has 2 aromatic heterocycles. The maximum atomic E-state index is 14.3. The molecule has 2 atom stereocenters. The summed E-state index contributed by atoms with van der Waals surface area (Å²) in [4.78, 5) is 40.6. The van der Waals surface area contributed by atoms with Crippen LogP contribution < -0.4 is 5.32 Å². The van der Waals surface area contributed by atoms with Crippen LogP contribution in [0.5, 0.6) is 0 Å². The van der Waals surface area contributed by atoms with E-state index in [1.807, 2.05) is 12.1 Å². The highest BCUT2D eigenvalue weighted by Crippen LogP contribution is 2.40. The van der Waals surface area contributed by atoms with E-state index in [-0.39, 0.29) is 25.4 Å². The number of nitrogens with one attached hydrogen (secondary N) is 1. The Morgan fingerprint density at radius 2 is 1.86 bits per heavy atom. The van der Waals surface area contributed by atoms with Crippen molar-refractivity contribution in [3.05, 3.63) is 87.4 Å². The van der Waals surface area contributed by atoms with Crippen LogP contribution in [0.1, 0.15) is 70.5 Å². The second kappa shape index (κ2) is 11.1. The van der Waals surface area contributed by atoms with Gasteiger partial charge in [0.1, 0.15) is 6.17 Å². The van der Waals surface area contributed by atoms with Gasteiger partial charge >= 0.3 is 0 Å². The number of nitrogens with zero attached hydrogens (tertiary/aromatic N) is 5. The molecule has 1 saturated carbocycles. The van der Waals surface area contributed by atoms with Gasteiger partial charge in [0.15, 0.2) is 11.2 Å². The number of hydrogen-bond acceptors (Lipinski definition) is 6. The number of amides is 2. The van der Waals surface area contributed by atoms with Crippen LogP contribution in [-0.2, 0) is 24.3 Å². The van der Waals surface area contributed by atoms with Gasteiger partial charge in [-0.25, -0.2) is 14.4 Å². The van der Waals surface area contributed by atoms with Gasteiger partial charge in [0.25, 0.3) is 11.8 Å². The number of anilines is 1. The number of rotatable bonds is 7. The molecule has 2 aromatic carbocycles. The lowest BCUT2D eigenvalue weighted by Gasteiger charge is -2.32. The lowest BCUT2D eigenvalue weighted by Crippen LogP contribution is -2.38. The first kappa shape index (κ1) is 27.9. The van der Waals surface area contributed by atoms with Gasteiger partial charge in [-0.15, -0.1) is 11.3 Å². The summed E-state index contributed by atoms with van der Waals surface area (Å²) in [7, 11) is 0. The number of alkyl halides is 1. The molecule has 1 unspecified atom stereocenters. The van der Waals surface area contributed by atoms with Crippen molar-refractivity contribution in [2.75, 3.05) is 18.4 Å². The van der Waals surface area contributed by atoms with Crippen LogP contribution in [0.3, 0.4) is 0 Å². The van der Waals surface area contributed by atoms with Crippen molar-refractivity contribution in [1.82, 2.24) is 24.3 Å². The molecular formula is C33H32ClFN6O2S. The average Bonchev–Trinajstić information content (AvgIpc) is 3.26. The van der Waals surface area contributed by atoms with E-state index in [1.54, 1.807) is 22.5 Å². The Labute approximate surface area is 263 Å². The number of thiazole rings is 1. The summed E-state index contributed by atoms with van der Waals surface area (Å²) in [5.41, 5.74) is 5.35. The van der Waals surface area contributed by atoms with Crippen molar-refractivity contribution < 1.29 is 14.0 Å². The van der Waals surface area contributed by atoms with Crippen molar-refractivity contribution >= 4 is 39.9 Å². The molecule has 0 spiro atoms. The fourth-order valence-corrected chi connectivity index (χ4v) is 7.95. The summed E-state index contributed by atoms with van der Waals surface area (Å²) in [5, 5.41) is 5.48. The highest BCUT2D eigenvalue weighted by molar-refractivity contribution is 7.13. The molecule has 11 heteroatoms. The first-order valence-corrected chi connectivity index (χ1v) is 16.5. The highest BCUT2D eigenvalue weighted by atomic mass is 35.5. The number of aromatic nitrogens is 3. The largest absolute Gasteiger partial charge is 0.331 e. The van der Waals surface area contributed by atoms with Crippen molar-refractivity contribution in [1.29, 1.82) is 0 Å². The molecule has 1 saturated heterocycles. The van der Waals surface area contributed by atoms with Gasteiger partial charge in [-0.05, 0) is 73.5 Å². The zero-order chi connectivity index (χ0) is 29.9. The number of carbonyl (C=O) groups excluding carboxylic acids is 2. The molecule has 5 heterocycles. The first-order chi connectivity index (χ1) is 21.4. The summed E-state index contributed by atoms with van der Waals surface area (Å²) in [5.74, 6) is -0.180.